The van der Waals surface area contributed by atoms with Crippen molar-refractivity contribution in [3.63, 3.8) is 0 Å². The number of hydrogen-bond acceptors (Lipinski definition) is 13. The Morgan fingerprint density at radius 2 is 0.614 bits per heavy atom. The van der Waals surface area contributed by atoms with E-state index in [2.05, 4.69) is 88.4 Å². The molecule has 2 rings (SSSR count). The molecule has 2 aromatic carbocycles. The van der Waals surface area contributed by atoms with Gasteiger partial charge in [0.1, 0.15) is 6.61 Å². The quantitative estimate of drug-likeness (QED) is 0.0355. The summed E-state index contributed by atoms with van der Waals surface area (Å²) in [4.78, 5) is 12.0. The largest absolute Gasteiger partial charge is 0.463 e. The second-order valence-corrected chi connectivity index (χ2v) is 22.9. The fraction of sp³-hybridized carbons (Fsp3) is 0.768. The van der Waals surface area contributed by atoms with E-state index in [-0.39, 0.29) is 17.6 Å². The summed E-state index contributed by atoms with van der Waals surface area (Å²) in [6, 6.07) is 21.3. The van der Waals surface area contributed by atoms with E-state index in [0.717, 1.165) is 12.8 Å². The van der Waals surface area contributed by atoms with Gasteiger partial charge in [-0.05, 0) is 21.8 Å². The Morgan fingerprint density at radius 3 is 0.900 bits per heavy atom. The van der Waals surface area contributed by atoms with Crippen LogP contribution in [0.3, 0.4) is 0 Å². The second-order valence-electron chi connectivity index (χ2n) is 18.6. The third-order valence-electron chi connectivity index (χ3n) is 11.8. The van der Waals surface area contributed by atoms with Crippen molar-refractivity contribution in [3.8, 4) is 0 Å². The number of carbonyl (C=O) groups excluding carboxylic acids is 1. The molecule has 2 aromatic rings. The first-order valence-corrected chi connectivity index (χ1v) is 29.0. The summed E-state index contributed by atoms with van der Waals surface area (Å²) < 4.78 is 68.1. The lowest BCUT2D eigenvalue weighted by Gasteiger charge is -2.43. The number of ether oxygens (including phenoxy) is 11. The fourth-order valence-corrected chi connectivity index (χ4v) is 12.6. The molecule has 70 heavy (non-hydrogen) atoms. The number of rotatable bonds is 52. The van der Waals surface area contributed by atoms with Gasteiger partial charge in [-0.25, -0.2) is 0 Å². The van der Waals surface area contributed by atoms with Gasteiger partial charge in [0.25, 0.3) is 8.32 Å². The highest BCUT2D eigenvalue weighted by Crippen LogP contribution is 2.36. The smallest absolute Gasteiger partial charge is 0.305 e. The van der Waals surface area contributed by atoms with Gasteiger partial charge in [0.15, 0.2) is 0 Å². The maximum absolute atomic E-state index is 12.0. The normalized spacial score (nSPS) is 12.0. The lowest BCUT2D eigenvalue weighted by Crippen LogP contribution is -2.66. The molecular formula is C56H98O13Si. The first-order valence-electron chi connectivity index (χ1n) is 27.1. The second kappa shape index (κ2) is 46.5. The number of carbonyl (C=O) groups is 1. The fourth-order valence-electron chi connectivity index (χ4n) is 8.02. The third-order valence-corrected chi connectivity index (χ3v) is 16.8. The van der Waals surface area contributed by atoms with Crippen LogP contribution in [-0.4, -0.2) is 160 Å². The molecule has 0 unspecified atom stereocenters. The van der Waals surface area contributed by atoms with Crippen LogP contribution < -0.4 is 10.4 Å². The third kappa shape index (κ3) is 34.2. The molecule has 0 aliphatic rings. The Bertz CT molecular complexity index is 1360. The zero-order valence-electron chi connectivity index (χ0n) is 44.5. The van der Waals surface area contributed by atoms with Crippen molar-refractivity contribution in [1.29, 1.82) is 0 Å². The molecule has 0 atom stereocenters. The van der Waals surface area contributed by atoms with E-state index in [9.17, 15) is 4.79 Å². The molecule has 0 spiro atoms. The highest BCUT2D eigenvalue weighted by atomic mass is 28.4. The van der Waals surface area contributed by atoms with E-state index in [1.807, 2.05) is 0 Å². The highest BCUT2D eigenvalue weighted by Gasteiger charge is 2.50. The van der Waals surface area contributed by atoms with Gasteiger partial charge in [-0.2, -0.15) is 0 Å². The number of hydrogen-bond donors (Lipinski definition) is 0. The van der Waals surface area contributed by atoms with Gasteiger partial charge in [-0.3, -0.25) is 4.79 Å². The lowest BCUT2D eigenvalue weighted by atomic mass is 10.0. The molecule has 0 heterocycles. The van der Waals surface area contributed by atoms with E-state index in [4.69, 9.17) is 56.5 Å². The zero-order chi connectivity index (χ0) is 50.2. The topological polar surface area (TPSA) is 128 Å². The van der Waals surface area contributed by atoms with Crippen molar-refractivity contribution >= 4 is 24.7 Å². The van der Waals surface area contributed by atoms with Crippen LogP contribution in [0.25, 0.3) is 0 Å². The van der Waals surface area contributed by atoms with E-state index in [1.165, 1.54) is 93.8 Å². The van der Waals surface area contributed by atoms with Gasteiger partial charge >= 0.3 is 5.97 Å². The highest BCUT2D eigenvalue weighted by molar-refractivity contribution is 6.99. The standard InChI is InChI=1S/C56H98O13Si/c1-5-6-7-8-9-10-11-12-13-14-15-16-17-18-25-30-55(57)68-51-49-66-47-45-64-43-41-62-39-37-60-35-33-58-31-32-59-34-36-61-38-40-63-42-44-65-46-48-67-50-52-69-70(56(2,3)4,53-26-21-19-22-27-53)54-28-23-20-24-29-54/h19-24,26-29H,5-18,25,30-52H2,1-4H3. The van der Waals surface area contributed by atoms with Crippen molar-refractivity contribution in [2.45, 2.75) is 135 Å². The van der Waals surface area contributed by atoms with Crippen molar-refractivity contribution in [3.05, 3.63) is 60.7 Å². The van der Waals surface area contributed by atoms with E-state index < -0.39 is 8.32 Å². The summed E-state index contributed by atoms with van der Waals surface area (Å²) in [6.45, 7) is 19.6. The van der Waals surface area contributed by atoms with Crippen LogP contribution in [0.4, 0.5) is 0 Å². The van der Waals surface area contributed by atoms with E-state index in [1.54, 1.807) is 0 Å². The summed E-state index contributed by atoms with van der Waals surface area (Å²) in [6.07, 6.45) is 20.2. The average molecular weight is 1010 g/mol. The predicted octanol–water partition coefficient (Wildman–Crippen LogP) is 9.53. The molecule has 0 saturated heterocycles. The summed E-state index contributed by atoms with van der Waals surface area (Å²) in [5.41, 5.74) is 0. The molecule has 0 fully saturated rings. The van der Waals surface area contributed by atoms with Crippen LogP contribution in [0.15, 0.2) is 60.7 Å². The molecule has 0 aliphatic carbocycles. The lowest BCUT2D eigenvalue weighted by molar-refractivity contribution is -0.145. The van der Waals surface area contributed by atoms with Crippen molar-refractivity contribution < 1.29 is 61.3 Å². The van der Waals surface area contributed by atoms with Crippen LogP contribution in [0, 0.1) is 0 Å². The van der Waals surface area contributed by atoms with Gasteiger partial charge in [-0.1, -0.05) is 178 Å². The molecule has 0 saturated carbocycles. The minimum atomic E-state index is -2.55. The Kier molecular flexibility index (Phi) is 42.4. The summed E-state index contributed by atoms with van der Waals surface area (Å²) in [5, 5.41) is 2.47. The van der Waals surface area contributed by atoms with Gasteiger partial charge in [0, 0.05) is 6.42 Å². The summed E-state index contributed by atoms with van der Waals surface area (Å²) in [5.74, 6) is -0.131. The van der Waals surface area contributed by atoms with Crippen molar-refractivity contribution in [2.24, 2.45) is 0 Å². The first-order chi connectivity index (χ1) is 34.4. The molecule has 0 N–H and O–H groups in total. The number of benzene rings is 2. The molecule has 14 heteroatoms. The predicted molar refractivity (Wildman–Crippen MR) is 282 cm³/mol. The molecule has 0 aliphatic heterocycles. The Balaban J connectivity index is 1.22. The number of unbranched alkanes of at least 4 members (excludes halogenated alkanes) is 14. The Labute approximate surface area is 426 Å². The van der Waals surface area contributed by atoms with Gasteiger partial charge in [0.2, 0.25) is 0 Å². The molecule has 0 aromatic heterocycles. The van der Waals surface area contributed by atoms with Crippen molar-refractivity contribution in [2.75, 3.05) is 145 Å². The van der Waals surface area contributed by atoms with Crippen LogP contribution >= 0.6 is 0 Å². The minimum Gasteiger partial charge on any atom is -0.463 e. The van der Waals surface area contributed by atoms with Gasteiger partial charge < -0.3 is 56.5 Å². The molecule has 0 bridgehead atoms. The summed E-state index contributed by atoms with van der Waals surface area (Å²) >= 11 is 0. The van der Waals surface area contributed by atoms with E-state index >= 15 is 0 Å². The molecule has 0 amide bonds. The van der Waals surface area contributed by atoms with Gasteiger partial charge in [-0.15, -0.1) is 0 Å². The Morgan fingerprint density at radius 1 is 0.357 bits per heavy atom. The average Bonchev–Trinajstić information content (AvgIpc) is 3.36. The Hall–Kier alpha value is -2.31. The summed E-state index contributed by atoms with van der Waals surface area (Å²) in [7, 11) is -2.55. The van der Waals surface area contributed by atoms with Crippen LogP contribution in [0.5, 0.6) is 0 Å². The maximum atomic E-state index is 12.0. The van der Waals surface area contributed by atoms with Crippen molar-refractivity contribution in [1.82, 2.24) is 0 Å². The number of esters is 1. The first kappa shape index (κ1) is 63.8. The minimum absolute atomic E-state index is 0.0616. The maximum Gasteiger partial charge on any atom is 0.305 e. The van der Waals surface area contributed by atoms with Crippen LogP contribution in [0.1, 0.15) is 130 Å². The molecule has 404 valence electrons. The molecule has 13 nitrogen and oxygen atoms in total. The van der Waals surface area contributed by atoms with E-state index in [0.29, 0.717) is 145 Å². The monoisotopic (exact) mass is 1010 g/mol. The van der Waals surface area contributed by atoms with Crippen LogP contribution in [-0.2, 0) is 61.3 Å². The van der Waals surface area contributed by atoms with Crippen LogP contribution in [0.2, 0.25) is 5.04 Å². The molecule has 0 radical (unpaired) electrons. The SMILES string of the molecule is CCCCCCCCCCCCCCCCCC(=O)OCCOCCOCCOCCOCCOCCOCCOCCOCCOCCOCCO[Si](c1ccccc1)(c1ccccc1)C(C)(C)C. The van der Waals surface area contributed by atoms with Gasteiger partial charge in [0.05, 0.1) is 139 Å². The molecular weight excluding hydrogens is 909 g/mol. The zero-order valence-corrected chi connectivity index (χ0v) is 45.5.